The van der Waals surface area contributed by atoms with Crippen LogP contribution in [0.25, 0.3) is 0 Å². The molecule has 3 unspecified atom stereocenters. The quantitative estimate of drug-likeness (QED) is 0.345. The minimum absolute atomic E-state index is 0.0386. The maximum Gasteiger partial charge on any atom is 0.251 e. The number of nitrogens with zero attached hydrogens (tertiary/aromatic N) is 1. The third-order valence-corrected chi connectivity index (χ3v) is 4.57. The molecule has 114 valence electrons. The molecule has 0 saturated heterocycles. The molecular weight excluding hydrogens is 266 g/mol. The summed E-state index contributed by atoms with van der Waals surface area (Å²) in [6.07, 6.45) is 3.44. The second kappa shape index (κ2) is 6.61. The van der Waals surface area contributed by atoms with Gasteiger partial charge >= 0.3 is 0 Å². The molecule has 1 saturated carbocycles. The number of amidine groups is 1. The van der Waals surface area contributed by atoms with Crippen LogP contribution >= 0.6 is 0 Å². The number of amides is 1. The maximum atomic E-state index is 12.3. The SMILES string of the molecule is CC1CCCC(NC(=O)c2ccc(/C(N)=N/O)cc2)C1C. The summed E-state index contributed by atoms with van der Waals surface area (Å²) in [5.74, 6) is 1.12. The summed E-state index contributed by atoms with van der Waals surface area (Å²) in [4.78, 5) is 12.3. The Bertz CT molecular complexity index is 525. The Kier molecular flexibility index (Phi) is 4.83. The summed E-state index contributed by atoms with van der Waals surface area (Å²) in [6.45, 7) is 4.45. The predicted octanol–water partition coefficient (Wildman–Crippen LogP) is 2.34. The monoisotopic (exact) mass is 289 g/mol. The first-order valence-corrected chi connectivity index (χ1v) is 7.41. The van der Waals surface area contributed by atoms with Crippen molar-refractivity contribution in [2.24, 2.45) is 22.7 Å². The molecule has 5 heteroatoms. The highest BCUT2D eigenvalue weighted by Gasteiger charge is 2.28. The van der Waals surface area contributed by atoms with Crippen molar-refractivity contribution in [2.75, 3.05) is 0 Å². The first-order valence-electron chi connectivity index (χ1n) is 7.41. The topological polar surface area (TPSA) is 87.7 Å². The molecule has 0 spiro atoms. The van der Waals surface area contributed by atoms with E-state index < -0.39 is 0 Å². The van der Waals surface area contributed by atoms with Crippen LogP contribution in [0.2, 0.25) is 0 Å². The molecule has 0 radical (unpaired) electrons. The third-order valence-electron chi connectivity index (χ3n) is 4.57. The van der Waals surface area contributed by atoms with E-state index >= 15 is 0 Å². The second-order valence-corrected chi connectivity index (χ2v) is 5.91. The number of hydrogen-bond acceptors (Lipinski definition) is 3. The van der Waals surface area contributed by atoms with Crippen molar-refractivity contribution >= 4 is 11.7 Å². The number of oxime groups is 1. The van der Waals surface area contributed by atoms with E-state index in [9.17, 15) is 4.79 Å². The lowest BCUT2D eigenvalue weighted by Gasteiger charge is -2.34. The van der Waals surface area contributed by atoms with E-state index in [1.807, 2.05) is 0 Å². The molecule has 1 aromatic rings. The highest BCUT2D eigenvalue weighted by atomic mass is 16.4. The van der Waals surface area contributed by atoms with Crippen LogP contribution < -0.4 is 11.1 Å². The molecule has 2 rings (SSSR count). The van der Waals surface area contributed by atoms with Crippen molar-refractivity contribution in [2.45, 2.75) is 39.2 Å². The average Bonchev–Trinajstić information content (AvgIpc) is 2.51. The summed E-state index contributed by atoms with van der Waals surface area (Å²) in [5.41, 5.74) is 6.69. The summed E-state index contributed by atoms with van der Waals surface area (Å²) in [6, 6.07) is 6.98. The standard InChI is InChI=1S/C16H23N3O2/c1-10-4-3-5-14(11(10)2)18-16(20)13-8-6-12(7-9-13)15(17)19-21/h6-11,14,21H,3-5H2,1-2H3,(H2,17,19)(H,18,20). The number of hydrogen-bond donors (Lipinski definition) is 3. The smallest absolute Gasteiger partial charge is 0.251 e. The van der Waals surface area contributed by atoms with Gasteiger partial charge in [0, 0.05) is 17.2 Å². The van der Waals surface area contributed by atoms with Crippen LogP contribution in [-0.2, 0) is 0 Å². The van der Waals surface area contributed by atoms with E-state index in [0.29, 0.717) is 23.0 Å². The second-order valence-electron chi connectivity index (χ2n) is 5.91. The molecule has 0 heterocycles. The molecule has 1 fully saturated rings. The summed E-state index contributed by atoms with van der Waals surface area (Å²) in [7, 11) is 0. The van der Waals surface area contributed by atoms with Gasteiger partial charge in [-0.15, -0.1) is 0 Å². The first-order chi connectivity index (χ1) is 10.0. The molecule has 1 aromatic carbocycles. The zero-order valence-electron chi connectivity index (χ0n) is 12.5. The van der Waals surface area contributed by atoms with Gasteiger partial charge in [-0.2, -0.15) is 0 Å². The van der Waals surface area contributed by atoms with Gasteiger partial charge in [-0.25, -0.2) is 0 Å². The van der Waals surface area contributed by atoms with Crippen molar-refractivity contribution in [3.05, 3.63) is 35.4 Å². The van der Waals surface area contributed by atoms with Gasteiger partial charge in [0.25, 0.3) is 5.91 Å². The molecule has 0 aliphatic heterocycles. The van der Waals surface area contributed by atoms with E-state index in [0.717, 1.165) is 6.42 Å². The van der Waals surface area contributed by atoms with Crippen molar-refractivity contribution < 1.29 is 10.0 Å². The van der Waals surface area contributed by atoms with Crippen LogP contribution in [0.1, 0.15) is 49.0 Å². The third kappa shape index (κ3) is 3.54. The maximum absolute atomic E-state index is 12.3. The van der Waals surface area contributed by atoms with Gasteiger partial charge in [0.05, 0.1) is 0 Å². The van der Waals surface area contributed by atoms with Crippen molar-refractivity contribution in [3.63, 3.8) is 0 Å². The number of nitrogens with two attached hydrogens (primary N) is 1. The lowest BCUT2D eigenvalue weighted by Crippen LogP contribution is -2.43. The summed E-state index contributed by atoms with van der Waals surface area (Å²) >= 11 is 0. The number of benzene rings is 1. The van der Waals surface area contributed by atoms with Crippen LogP contribution in [-0.4, -0.2) is 23.0 Å². The van der Waals surface area contributed by atoms with E-state index in [1.54, 1.807) is 24.3 Å². The molecule has 1 aliphatic rings. The first kappa shape index (κ1) is 15.4. The lowest BCUT2D eigenvalue weighted by molar-refractivity contribution is 0.0891. The Morgan fingerprint density at radius 2 is 1.86 bits per heavy atom. The highest BCUT2D eigenvalue weighted by molar-refractivity contribution is 5.99. The van der Waals surface area contributed by atoms with Crippen molar-refractivity contribution in [3.8, 4) is 0 Å². The molecule has 4 N–H and O–H groups in total. The van der Waals surface area contributed by atoms with Gasteiger partial charge in [-0.05, 0) is 30.4 Å². The molecule has 0 bridgehead atoms. The lowest BCUT2D eigenvalue weighted by atomic mass is 9.78. The van der Waals surface area contributed by atoms with Crippen LogP contribution in [0.4, 0.5) is 0 Å². The molecule has 5 nitrogen and oxygen atoms in total. The number of rotatable bonds is 3. The fourth-order valence-electron chi connectivity index (χ4n) is 2.89. The van der Waals surface area contributed by atoms with E-state index in [4.69, 9.17) is 10.9 Å². The Hall–Kier alpha value is -2.04. The van der Waals surface area contributed by atoms with Gasteiger partial charge in [-0.3, -0.25) is 4.79 Å². The Balaban J connectivity index is 2.03. The zero-order valence-corrected chi connectivity index (χ0v) is 12.5. The zero-order chi connectivity index (χ0) is 15.4. The van der Waals surface area contributed by atoms with Gasteiger partial charge in [-0.1, -0.05) is 44.0 Å². The van der Waals surface area contributed by atoms with E-state index in [-0.39, 0.29) is 17.8 Å². The molecule has 0 aromatic heterocycles. The summed E-state index contributed by atoms with van der Waals surface area (Å²) in [5, 5.41) is 14.7. The van der Waals surface area contributed by atoms with Crippen LogP contribution in [0.3, 0.4) is 0 Å². The molecule has 3 atom stereocenters. The fourth-order valence-corrected chi connectivity index (χ4v) is 2.89. The Morgan fingerprint density at radius 1 is 1.24 bits per heavy atom. The molecule has 21 heavy (non-hydrogen) atoms. The Morgan fingerprint density at radius 3 is 2.48 bits per heavy atom. The van der Waals surface area contributed by atoms with Gasteiger partial charge in [0.1, 0.15) is 0 Å². The molecular formula is C16H23N3O2. The predicted molar refractivity (Wildman–Crippen MR) is 82.4 cm³/mol. The van der Waals surface area contributed by atoms with E-state index in [2.05, 4.69) is 24.3 Å². The van der Waals surface area contributed by atoms with E-state index in [1.165, 1.54) is 12.8 Å². The van der Waals surface area contributed by atoms with Gasteiger partial charge in [0.2, 0.25) is 0 Å². The van der Waals surface area contributed by atoms with Gasteiger partial charge in [0.15, 0.2) is 5.84 Å². The minimum Gasteiger partial charge on any atom is -0.409 e. The van der Waals surface area contributed by atoms with Crippen molar-refractivity contribution in [1.29, 1.82) is 0 Å². The van der Waals surface area contributed by atoms with Crippen LogP contribution in [0.5, 0.6) is 0 Å². The highest BCUT2D eigenvalue weighted by Crippen LogP contribution is 2.29. The molecule has 1 amide bonds. The number of carbonyl (C=O) groups excluding carboxylic acids is 1. The number of carbonyl (C=O) groups is 1. The molecule has 1 aliphatic carbocycles. The Labute approximate surface area is 125 Å². The van der Waals surface area contributed by atoms with Crippen molar-refractivity contribution in [1.82, 2.24) is 5.32 Å². The minimum atomic E-state index is -0.0630. The summed E-state index contributed by atoms with van der Waals surface area (Å²) < 4.78 is 0. The van der Waals surface area contributed by atoms with Gasteiger partial charge < -0.3 is 16.3 Å². The van der Waals surface area contributed by atoms with Crippen LogP contribution in [0, 0.1) is 11.8 Å². The normalized spacial score (nSPS) is 26.4. The number of nitrogens with one attached hydrogen (secondary N) is 1. The fraction of sp³-hybridized carbons (Fsp3) is 0.500. The largest absolute Gasteiger partial charge is 0.409 e. The van der Waals surface area contributed by atoms with Crippen LogP contribution in [0.15, 0.2) is 29.4 Å². The average molecular weight is 289 g/mol.